The Morgan fingerprint density at radius 1 is 0.963 bits per heavy atom. The molecular formula is C15H14F4O6S2. The smallest absolute Gasteiger partial charge is 0.282 e. The van der Waals surface area contributed by atoms with E-state index in [0.717, 1.165) is 19.1 Å². The molecule has 0 saturated carbocycles. The molecule has 2 aromatic carbocycles. The van der Waals surface area contributed by atoms with Gasteiger partial charge in [-0.1, -0.05) is 37.3 Å². The van der Waals surface area contributed by atoms with E-state index in [4.69, 9.17) is 0 Å². The Hall–Kier alpha value is -1.76. The van der Waals surface area contributed by atoms with Crippen LogP contribution < -0.4 is 0 Å². The molecule has 1 N–H and O–H groups in total. The standard InChI is InChI=1S/C15H14F4O6S2/c1-2-14(16,17)15(18,19)9-25-27(23,24)13-11-6-4-3-5-10(11)7-8-12(13)26(20,21)22/h3-8H,2,9H2,1H3,(H,20,21,22). The average molecular weight is 430 g/mol. The van der Waals surface area contributed by atoms with Crippen LogP contribution in [0.1, 0.15) is 13.3 Å². The fourth-order valence-electron chi connectivity index (χ4n) is 2.26. The molecule has 0 aromatic heterocycles. The number of hydrogen-bond donors (Lipinski definition) is 1. The third-order valence-electron chi connectivity index (χ3n) is 3.75. The van der Waals surface area contributed by atoms with E-state index in [1.165, 1.54) is 24.3 Å². The Bertz CT molecular complexity index is 1060. The van der Waals surface area contributed by atoms with Crippen LogP contribution in [-0.2, 0) is 24.4 Å². The summed E-state index contributed by atoms with van der Waals surface area (Å²) in [6.45, 7) is -1.42. The van der Waals surface area contributed by atoms with Crippen molar-refractivity contribution in [3.8, 4) is 0 Å². The van der Waals surface area contributed by atoms with Gasteiger partial charge in [-0.2, -0.15) is 34.4 Å². The first kappa shape index (κ1) is 21.5. The molecule has 12 heteroatoms. The Balaban J connectivity index is 2.60. The topological polar surface area (TPSA) is 97.7 Å². The number of alkyl halides is 4. The van der Waals surface area contributed by atoms with Crippen LogP contribution in [0.5, 0.6) is 0 Å². The zero-order valence-electron chi connectivity index (χ0n) is 13.7. The molecule has 2 rings (SSSR count). The highest BCUT2D eigenvalue weighted by Crippen LogP contribution is 2.38. The van der Waals surface area contributed by atoms with Gasteiger partial charge in [-0.3, -0.25) is 8.74 Å². The van der Waals surface area contributed by atoms with Crippen molar-refractivity contribution in [2.75, 3.05) is 6.61 Å². The van der Waals surface area contributed by atoms with Crippen molar-refractivity contribution < 1.29 is 43.1 Å². The van der Waals surface area contributed by atoms with Crippen molar-refractivity contribution in [3.63, 3.8) is 0 Å². The van der Waals surface area contributed by atoms with E-state index in [9.17, 15) is 39.0 Å². The van der Waals surface area contributed by atoms with Gasteiger partial charge in [0.2, 0.25) is 0 Å². The van der Waals surface area contributed by atoms with E-state index in [-0.39, 0.29) is 10.8 Å². The lowest BCUT2D eigenvalue weighted by atomic mass is 10.1. The van der Waals surface area contributed by atoms with E-state index in [2.05, 4.69) is 4.18 Å². The predicted molar refractivity (Wildman–Crippen MR) is 87.1 cm³/mol. The number of halogens is 4. The molecule has 0 aliphatic rings. The molecule has 150 valence electrons. The van der Waals surface area contributed by atoms with Crippen LogP contribution >= 0.6 is 0 Å². The molecule has 27 heavy (non-hydrogen) atoms. The van der Waals surface area contributed by atoms with Crippen molar-refractivity contribution in [2.45, 2.75) is 35.0 Å². The summed E-state index contributed by atoms with van der Waals surface area (Å²) in [7, 11) is -10.3. The summed E-state index contributed by atoms with van der Waals surface area (Å²) in [5, 5.41) is -0.0593. The molecule has 2 aromatic rings. The molecule has 0 fully saturated rings. The van der Waals surface area contributed by atoms with E-state index >= 15 is 0 Å². The van der Waals surface area contributed by atoms with Gasteiger partial charge in [0, 0.05) is 11.8 Å². The van der Waals surface area contributed by atoms with Crippen molar-refractivity contribution in [2.24, 2.45) is 0 Å². The van der Waals surface area contributed by atoms with Crippen molar-refractivity contribution in [1.82, 2.24) is 0 Å². The third kappa shape index (κ3) is 4.23. The molecule has 0 unspecified atom stereocenters. The first-order valence-corrected chi connectivity index (χ1v) is 10.2. The zero-order chi connectivity index (χ0) is 20.7. The molecule has 0 heterocycles. The molecule has 0 aliphatic heterocycles. The van der Waals surface area contributed by atoms with E-state index in [1.807, 2.05) is 0 Å². The van der Waals surface area contributed by atoms with Crippen LogP contribution in [0.4, 0.5) is 17.6 Å². The number of fused-ring (bicyclic) bond motifs is 1. The minimum absolute atomic E-state index is 0.192. The zero-order valence-corrected chi connectivity index (χ0v) is 15.3. The second kappa shape index (κ2) is 7.00. The highest BCUT2D eigenvalue weighted by Gasteiger charge is 2.55. The molecule has 0 spiro atoms. The molecule has 0 saturated heterocycles. The van der Waals surface area contributed by atoms with Gasteiger partial charge in [-0.15, -0.1) is 0 Å². The summed E-state index contributed by atoms with van der Waals surface area (Å²) in [6.07, 6.45) is -1.27. The predicted octanol–water partition coefficient (Wildman–Crippen LogP) is 3.47. The fourth-order valence-corrected chi connectivity index (χ4v) is 4.66. The average Bonchev–Trinajstić information content (AvgIpc) is 2.58. The Kier molecular flexibility index (Phi) is 5.59. The first-order valence-electron chi connectivity index (χ1n) is 7.37. The third-order valence-corrected chi connectivity index (χ3v) is 6.14. The van der Waals surface area contributed by atoms with Crippen molar-refractivity contribution in [1.29, 1.82) is 0 Å². The van der Waals surface area contributed by atoms with Gasteiger partial charge in [0.15, 0.2) is 0 Å². The molecule has 0 radical (unpaired) electrons. The molecule has 6 nitrogen and oxygen atoms in total. The molecular weight excluding hydrogens is 416 g/mol. The van der Waals surface area contributed by atoms with Gasteiger partial charge in [-0.05, 0) is 11.5 Å². The van der Waals surface area contributed by atoms with E-state index < -0.39 is 54.9 Å². The van der Waals surface area contributed by atoms with Crippen LogP contribution in [0.25, 0.3) is 10.8 Å². The summed E-state index contributed by atoms with van der Waals surface area (Å²) in [6, 6.07) is 7.28. The minimum Gasteiger partial charge on any atom is -0.282 e. The summed E-state index contributed by atoms with van der Waals surface area (Å²) in [4.78, 5) is -2.23. The Morgan fingerprint density at radius 2 is 1.56 bits per heavy atom. The second-order valence-electron chi connectivity index (χ2n) is 5.57. The summed E-state index contributed by atoms with van der Waals surface area (Å²) in [5.74, 6) is -9.36. The Morgan fingerprint density at radius 3 is 2.11 bits per heavy atom. The minimum atomic E-state index is -5.25. The Labute approximate surface area is 152 Å². The lowest BCUT2D eigenvalue weighted by molar-refractivity contribution is -0.221. The molecule has 0 atom stereocenters. The number of rotatable bonds is 7. The van der Waals surface area contributed by atoms with Gasteiger partial charge in [0.1, 0.15) is 16.4 Å². The summed E-state index contributed by atoms with van der Waals surface area (Å²) < 4.78 is 115. The quantitative estimate of drug-likeness (QED) is 0.410. The van der Waals surface area contributed by atoms with Crippen molar-refractivity contribution in [3.05, 3.63) is 36.4 Å². The van der Waals surface area contributed by atoms with Crippen LogP contribution in [0.15, 0.2) is 46.2 Å². The molecule has 0 aliphatic carbocycles. The lowest BCUT2D eigenvalue weighted by Crippen LogP contribution is -2.44. The van der Waals surface area contributed by atoms with E-state index in [1.54, 1.807) is 0 Å². The summed E-state index contributed by atoms with van der Waals surface area (Å²) in [5.41, 5.74) is 0. The number of hydrogen-bond acceptors (Lipinski definition) is 5. The lowest BCUT2D eigenvalue weighted by Gasteiger charge is -2.25. The van der Waals surface area contributed by atoms with Crippen LogP contribution in [-0.4, -0.2) is 39.8 Å². The van der Waals surface area contributed by atoms with Crippen LogP contribution in [0, 0.1) is 0 Å². The van der Waals surface area contributed by atoms with Gasteiger partial charge in [0.25, 0.3) is 20.2 Å². The maximum absolute atomic E-state index is 13.6. The number of benzene rings is 2. The van der Waals surface area contributed by atoms with Crippen LogP contribution in [0.3, 0.4) is 0 Å². The van der Waals surface area contributed by atoms with Gasteiger partial charge in [-0.25, -0.2) is 0 Å². The molecule has 0 amide bonds. The maximum Gasteiger partial charge on any atom is 0.334 e. The van der Waals surface area contributed by atoms with Crippen LogP contribution in [0.2, 0.25) is 0 Å². The largest absolute Gasteiger partial charge is 0.334 e. The second-order valence-corrected chi connectivity index (χ2v) is 8.51. The maximum atomic E-state index is 13.6. The fraction of sp³-hybridized carbons (Fsp3) is 0.333. The van der Waals surface area contributed by atoms with Gasteiger partial charge >= 0.3 is 11.8 Å². The SMILES string of the molecule is CCC(F)(F)C(F)(F)COS(=O)(=O)c1c(S(=O)(=O)O)ccc2ccccc12. The highest BCUT2D eigenvalue weighted by molar-refractivity contribution is 7.89. The molecule has 0 bridgehead atoms. The normalized spacial score (nSPS) is 13.9. The summed E-state index contributed by atoms with van der Waals surface area (Å²) >= 11 is 0. The van der Waals surface area contributed by atoms with Gasteiger partial charge in [0.05, 0.1) is 0 Å². The van der Waals surface area contributed by atoms with Gasteiger partial charge < -0.3 is 0 Å². The monoisotopic (exact) mass is 430 g/mol. The first-order chi connectivity index (χ1) is 12.2. The van der Waals surface area contributed by atoms with E-state index in [0.29, 0.717) is 0 Å². The van der Waals surface area contributed by atoms with Crippen molar-refractivity contribution >= 4 is 31.0 Å². The highest BCUT2D eigenvalue weighted by atomic mass is 32.2.